The lowest BCUT2D eigenvalue weighted by Gasteiger charge is -2.05. The molecular weight excluding hydrogens is 432 g/mol. The summed E-state index contributed by atoms with van der Waals surface area (Å²) in [5.74, 6) is -0.220. The zero-order chi connectivity index (χ0) is 18.1. The fourth-order valence-corrected chi connectivity index (χ4v) is 5.31. The van der Waals surface area contributed by atoms with Crippen molar-refractivity contribution < 1.29 is 9.53 Å². The fourth-order valence-electron chi connectivity index (χ4n) is 2.85. The van der Waals surface area contributed by atoms with E-state index in [2.05, 4.69) is 49.8 Å². The molecule has 0 unspecified atom stereocenters. The highest BCUT2D eigenvalue weighted by Gasteiger charge is 2.12. The predicted molar refractivity (Wildman–Crippen MR) is 111 cm³/mol. The molecule has 0 aliphatic rings. The van der Waals surface area contributed by atoms with Gasteiger partial charge in [0.25, 0.3) is 5.91 Å². The predicted octanol–water partition coefficient (Wildman–Crippen LogP) is 5.07. The Kier molecular flexibility index (Phi) is 5.04. The number of hydrogen-bond donors (Lipinski definition) is 0. The average molecular weight is 447 g/mol. The molecule has 0 saturated heterocycles. The van der Waals surface area contributed by atoms with Crippen molar-refractivity contribution in [1.29, 1.82) is 0 Å². The van der Waals surface area contributed by atoms with E-state index < -0.39 is 0 Å². The fraction of sp³-hybridized carbons (Fsp3) is 0.158. The second kappa shape index (κ2) is 7.44. The van der Waals surface area contributed by atoms with Crippen molar-refractivity contribution in [2.75, 3.05) is 13.7 Å². The average Bonchev–Trinajstić information content (AvgIpc) is 3.23. The number of methoxy groups -OCH3 is 1. The number of nitrogens with zero attached hydrogens (tertiary/aromatic N) is 2. The van der Waals surface area contributed by atoms with Crippen LogP contribution in [-0.4, -0.2) is 24.2 Å². The molecule has 4 rings (SSSR count). The summed E-state index contributed by atoms with van der Waals surface area (Å²) in [5.41, 5.74) is 1.07. The molecule has 0 radical (unpaired) electrons. The van der Waals surface area contributed by atoms with Gasteiger partial charge in [-0.25, -0.2) is 0 Å². The lowest BCUT2D eigenvalue weighted by atomic mass is 10.1. The largest absolute Gasteiger partial charge is 0.383 e. The second-order valence-electron chi connectivity index (χ2n) is 5.68. The number of carbonyl (C=O) groups excluding carboxylic acids is 1. The number of halogens is 1. The van der Waals surface area contributed by atoms with E-state index in [-0.39, 0.29) is 5.91 Å². The van der Waals surface area contributed by atoms with Gasteiger partial charge in [0.2, 0.25) is 0 Å². The number of hydrogen-bond acceptors (Lipinski definition) is 4. The first-order valence-electron chi connectivity index (χ1n) is 8.02. The molecule has 4 nitrogen and oxygen atoms in total. The Morgan fingerprint density at radius 1 is 1.15 bits per heavy atom. The molecular formula is C19H15BrN2O2S2. The first-order chi connectivity index (χ1) is 12.7. The van der Waals surface area contributed by atoms with Gasteiger partial charge in [-0.1, -0.05) is 41.7 Å². The molecule has 0 aliphatic carbocycles. The van der Waals surface area contributed by atoms with Crippen LogP contribution in [0.25, 0.3) is 21.0 Å². The lowest BCUT2D eigenvalue weighted by Crippen LogP contribution is -2.19. The van der Waals surface area contributed by atoms with Crippen LogP contribution in [0.5, 0.6) is 0 Å². The summed E-state index contributed by atoms with van der Waals surface area (Å²) in [6.45, 7) is 1.21. The molecule has 132 valence electrons. The summed E-state index contributed by atoms with van der Waals surface area (Å²) in [6, 6.07) is 16.1. The van der Waals surface area contributed by atoms with Crippen molar-refractivity contribution in [3.05, 3.63) is 62.0 Å². The first kappa shape index (κ1) is 17.6. The van der Waals surface area contributed by atoms with Crippen molar-refractivity contribution >= 4 is 65.5 Å². The summed E-state index contributed by atoms with van der Waals surface area (Å²) < 4.78 is 9.38. The summed E-state index contributed by atoms with van der Waals surface area (Å²) in [4.78, 5) is 18.3. The van der Waals surface area contributed by atoms with Gasteiger partial charge in [0.1, 0.15) is 0 Å². The quantitative estimate of drug-likeness (QED) is 0.439. The van der Waals surface area contributed by atoms with E-state index in [1.807, 2.05) is 18.2 Å². The van der Waals surface area contributed by atoms with Crippen LogP contribution in [0, 0.1) is 0 Å². The highest BCUT2D eigenvalue weighted by atomic mass is 79.9. The molecule has 7 heteroatoms. The Bertz CT molecular complexity index is 1170. The number of benzene rings is 2. The standard InChI is InChI=1S/C19H15BrN2O2S2/c1-24-11-10-22-14-7-6-12-4-2-3-5-13(12)17(14)26-19(22)21-18(23)15-8-9-16(20)25-15/h2-9H,10-11H2,1H3. The van der Waals surface area contributed by atoms with Gasteiger partial charge < -0.3 is 9.30 Å². The molecule has 0 aliphatic heterocycles. The minimum absolute atomic E-state index is 0.220. The molecule has 2 aromatic carbocycles. The van der Waals surface area contributed by atoms with Crippen LogP contribution in [0.3, 0.4) is 0 Å². The van der Waals surface area contributed by atoms with Crippen LogP contribution in [0.15, 0.2) is 57.3 Å². The van der Waals surface area contributed by atoms with Gasteiger partial charge in [0, 0.05) is 19.0 Å². The Morgan fingerprint density at radius 3 is 2.77 bits per heavy atom. The third kappa shape index (κ3) is 3.27. The molecule has 0 saturated carbocycles. The number of thiazole rings is 1. The second-order valence-corrected chi connectivity index (χ2v) is 9.13. The molecule has 2 heterocycles. The van der Waals surface area contributed by atoms with Crippen LogP contribution in [0.2, 0.25) is 0 Å². The van der Waals surface area contributed by atoms with Gasteiger partial charge in [0.15, 0.2) is 4.80 Å². The monoisotopic (exact) mass is 446 g/mol. The maximum Gasteiger partial charge on any atom is 0.289 e. The number of fused-ring (bicyclic) bond motifs is 3. The molecule has 26 heavy (non-hydrogen) atoms. The van der Waals surface area contributed by atoms with E-state index in [1.165, 1.54) is 22.1 Å². The van der Waals surface area contributed by atoms with Crippen molar-refractivity contribution in [3.63, 3.8) is 0 Å². The van der Waals surface area contributed by atoms with Crippen LogP contribution >= 0.6 is 38.6 Å². The number of amides is 1. The van der Waals surface area contributed by atoms with E-state index in [4.69, 9.17) is 4.74 Å². The van der Waals surface area contributed by atoms with Gasteiger partial charge in [-0.15, -0.1) is 11.3 Å². The third-order valence-electron chi connectivity index (χ3n) is 4.07. The van der Waals surface area contributed by atoms with Crippen LogP contribution in [0.1, 0.15) is 9.67 Å². The Labute approximate surface area is 166 Å². The van der Waals surface area contributed by atoms with Gasteiger partial charge in [-0.3, -0.25) is 4.79 Å². The topological polar surface area (TPSA) is 43.6 Å². The molecule has 0 N–H and O–H groups in total. The number of rotatable bonds is 4. The molecule has 0 bridgehead atoms. The number of aromatic nitrogens is 1. The molecule has 4 aromatic rings. The smallest absolute Gasteiger partial charge is 0.289 e. The van der Waals surface area contributed by atoms with Crippen LogP contribution < -0.4 is 4.80 Å². The van der Waals surface area contributed by atoms with E-state index >= 15 is 0 Å². The van der Waals surface area contributed by atoms with E-state index in [0.29, 0.717) is 22.8 Å². The maximum absolute atomic E-state index is 12.6. The molecule has 0 atom stereocenters. The molecule has 0 spiro atoms. The van der Waals surface area contributed by atoms with Crippen molar-refractivity contribution in [2.45, 2.75) is 6.54 Å². The Hall–Kier alpha value is -1.80. The van der Waals surface area contributed by atoms with Crippen molar-refractivity contribution in [2.24, 2.45) is 4.99 Å². The summed E-state index contributed by atoms with van der Waals surface area (Å²) >= 11 is 6.33. The summed E-state index contributed by atoms with van der Waals surface area (Å²) in [5, 5.41) is 2.36. The zero-order valence-corrected chi connectivity index (χ0v) is 17.2. The number of thiophene rings is 1. The van der Waals surface area contributed by atoms with Crippen molar-refractivity contribution in [3.8, 4) is 0 Å². The van der Waals surface area contributed by atoms with Gasteiger partial charge >= 0.3 is 0 Å². The van der Waals surface area contributed by atoms with Crippen LogP contribution in [-0.2, 0) is 11.3 Å². The normalized spacial score (nSPS) is 12.3. The minimum Gasteiger partial charge on any atom is -0.383 e. The van der Waals surface area contributed by atoms with Gasteiger partial charge in [-0.05, 0) is 39.5 Å². The molecule has 0 fully saturated rings. The highest BCUT2D eigenvalue weighted by molar-refractivity contribution is 9.11. The van der Waals surface area contributed by atoms with Gasteiger partial charge in [0.05, 0.1) is 25.5 Å². The number of carbonyl (C=O) groups is 1. The third-order valence-corrected chi connectivity index (χ3v) is 6.81. The van der Waals surface area contributed by atoms with E-state index in [9.17, 15) is 4.79 Å². The molecule has 1 amide bonds. The molecule has 2 aromatic heterocycles. The Morgan fingerprint density at radius 2 is 2.00 bits per heavy atom. The summed E-state index contributed by atoms with van der Waals surface area (Å²) in [7, 11) is 1.68. The number of ether oxygens (including phenoxy) is 1. The lowest BCUT2D eigenvalue weighted by molar-refractivity contribution is 0.100. The van der Waals surface area contributed by atoms with Crippen molar-refractivity contribution in [1.82, 2.24) is 4.57 Å². The van der Waals surface area contributed by atoms with E-state index in [0.717, 1.165) is 14.0 Å². The zero-order valence-electron chi connectivity index (χ0n) is 13.9. The van der Waals surface area contributed by atoms with Gasteiger partial charge in [-0.2, -0.15) is 4.99 Å². The highest BCUT2D eigenvalue weighted by Crippen LogP contribution is 2.28. The first-order valence-corrected chi connectivity index (χ1v) is 10.4. The Balaban J connectivity index is 1.93. The van der Waals surface area contributed by atoms with E-state index in [1.54, 1.807) is 24.5 Å². The minimum atomic E-state index is -0.220. The SMILES string of the molecule is COCCn1c(=NC(=O)c2ccc(Br)s2)sc2c3ccccc3ccc21. The maximum atomic E-state index is 12.6. The summed E-state index contributed by atoms with van der Waals surface area (Å²) in [6.07, 6.45) is 0. The van der Waals surface area contributed by atoms with Crippen LogP contribution in [0.4, 0.5) is 0 Å².